The maximum atomic E-state index is 16.0. The van der Waals surface area contributed by atoms with Crippen LogP contribution in [-0.4, -0.2) is 132 Å². The molecule has 2 bridgehead atoms. The zero-order chi connectivity index (χ0) is 35.0. The van der Waals surface area contributed by atoms with Crippen LogP contribution in [-0.2, 0) is 33.3 Å². The summed E-state index contributed by atoms with van der Waals surface area (Å²) in [6, 6.07) is -0.915. The van der Waals surface area contributed by atoms with Crippen molar-refractivity contribution in [2.45, 2.75) is 128 Å². The number of ketones is 1. The lowest BCUT2D eigenvalue weighted by Crippen LogP contribution is -2.60. The minimum atomic E-state index is -2.67. The first-order valence-electron chi connectivity index (χ1n) is 16.7. The minimum Gasteiger partial charge on any atom is -0.456 e. The molecule has 0 aliphatic carbocycles. The molecule has 0 saturated carbocycles. The third-order valence-corrected chi connectivity index (χ3v) is 10.5. The van der Waals surface area contributed by atoms with Crippen molar-refractivity contribution in [3.8, 4) is 12.3 Å². The number of nitrogens with zero attached hydrogens (tertiary/aromatic N) is 3. The summed E-state index contributed by atoms with van der Waals surface area (Å²) < 4.78 is 46.5. The Kier molecular flexibility index (Phi) is 11.4. The Morgan fingerprint density at radius 3 is 2.47 bits per heavy atom. The number of aliphatic hydroxyl groups excluding tert-OH is 1. The Morgan fingerprint density at radius 2 is 1.85 bits per heavy atom. The number of fused-ring (bicyclic) bond motifs is 1. The molecule has 13 heteroatoms. The lowest BCUT2D eigenvalue weighted by atomic mass is 9.73. The summed E-state index contributed by atoms with van der Waals surface area (Å²) >= 11 is 0. The highest BCUT2D eigenvalue weighted by Gasteiger charge is 2.60. The zero-order valence-corrected chi connectivity index (χ0v) is 29.1. The van der Waals surface area contributed by atoms with Gasteiger partial charge in [-0.1, -0.05) is 33.6 Å². The van der Waals surface area contributed by atoms with Crippen molar-refractivity contribution >= 4 is 23.6 Å². The van der Waals surface area contributed by atoms with Gasteiger partial charge in [0.15, 0.2) is 17.7 Å². The highest BCUT2D eigenvalue weighted by Crippen LogP contribution is 2.44. The summed E-state index contributed by atoms with van der Waals surface area (Å²) in [6.45, 7) is 12.8. The summed E-state index contributed by atoms with van der Waals surface area (Å²) in [5.41, 5.74) is -1.92. The number of cyclic esters (lactones) is 1. The fraction of sp³-hybridized carbons (Fsp3) is 0.824. The van der Waals surface area contributed by atoms with Crippen LogP contribution in [0.25, 0.3) is 0 Å². The van der Waals surface area contributed by atoms with E-state index < -0.39 is 71.8 Å². The average Bonchev–Trinajstić information content (AvgIpc) is 3.14. The second-order valence-electron chi connectivity index (χ2n) is 14.2. The number of ether oxygens (including phenoxy) is 5. The van der Waals surface area contributed by atoms with Crippen molar-refractivity contribution in [2.24, 2.45) is 22.7 Å². The van der Waals surface area contributed by atoms with E-state index in [9.17, 15) is 19.5 Å². The molecule has 4 heterocycles. The molecule has 4 aliphatic heterocycles. The summed E-state index contributed by atoms with van der Waals surface area (Å²) in [6.07, 6.45) is -1.53. The van der Waals surface area contributed by atoms with E-state index in [1.165, 1.54) is 6.92 Å². The fourth-order valence-corrected chi connectivity index (χ4v) is 8.25. The molecule has 0 aromatic heterocycles. The highest BCUT2D eigenvalue weighted by molar-refractivity contribution is 6.03. The molecule has 3 fully saturated rings. The summed E-state index contributed by atoms with van der Waals surface area (Å²) in [5, 5.41) is 11.3. The van der Waals surface area contributed by atoms with Crippen molar-refractivity contribution in [1.82, 2.24) is 9.80 Å². The van der Waals surface area contributed by atoms with Crippen molar-refractivity contribution in [1.29, 1.82) is 0 Å². The predicted octanol–water partition coefficient (Wildman–Crippen LogP) is 2.78. The maximum absolute atomic E-state index is 16.0. The number of aliphatic hydroxyl groups is 1. The monoisotopic (exact) mass is 665 g/mol. The Labute approximate surface area is 277 Å². The van der Waals surface area contributed by atoms with Gasteiger partial charge >= 0.3 is 12.1 Å². The van der Waals surface area contributed by atoms with Gasteiger partial charge < -0.3 is 33.7 Å². The van der Waals surface area contributed by atoms with Gasteiger partial charge in [0.25, 0.3) is 6.17 Å². The SMILES string of the molecule is C#CCO[C@@]1(C)C[C@@H](C)C2=NCCN3C(=O)O[C@](C)([C@H](CC)OC(=O)C(F)C(=O)[C@H](C)[C@H]1O[C@@H]1O[C@H](C)C[C@H](N(C)C)[C@H]1O)[C@H]3[C@@H]2C. The molecule has 0 aromatic carbocycles. The van der Waals surface area contributed by atoms with Crippen LogP contribution in [0.5, 0.6) is 0 Å². The van der Waals surface area contributed by atoms with Crippen molar-refractivity contribution in [3.63, 3.8) is 0 Å². The smallest absolute Gasteiger partial charge is 0.410 e. The third-order valence-electron chi connectivity index (χ3n) is 10.5. The number of likely N-dealkylation sites (N-methyl/N-ethyl adjacent to an activating group) is 1. The predicted molar refractivity (Wildman–Crippen MR) is 170 cm³/mol. The van der Waals surface area contributed by atoms with Gasteiger partial charge in [-0.2, -0.15) is 0 Å². The van der Waals surface area contributed by atoms with Crippen molar-refractivity contribution < 1.29 is 47.6 Å². The van der Waals surface area contributed by atoms with Gasteiger partial charge in [0.2, 0.25) is 0 Å². The van der Waals surface area contributed by atoms with Crippen LogP contribution in [0.1, 0.15) is 67.7 Å². The van der Waals surface area contributed by atoms with Gasteiger partial charge in [-0.25, -0.2) is 14.0 Å². The van der Waals surface area contributed by atoms with E-state index >= 15 is 4.39 Å². The molecule has 4 aliphatic rings. The number of terminal acetylenes is 1. The highest BCUT2D eigenvalue weighted by atomic mass is 19.1. The quantitative estimate of drug-likeness (QED) is 0.256. The number of rotatable bonds is 6. The normalized spacial score (nSPS) is 43.4. The first-order valence-corrected chi connectivity index (χ1v) is 16.7. The Bertz CT molecular complexity index is 1260. The van der Waals surface area contributed by atoms with Crippen LogP contribution in [0.15, 0.2) is 4.99 Å². The molecular formula is C34H52FN3O9. The van der Waals surface area contributed by atoms with Crippen LogP contribution < -0.4 is 0 Å². The van der Waals surface area contributed by atoms with Crippen molar-refractivity contribution in [3.05, 3.63) is 0 Å². The number of carbonyl (C=O) groups excluding carboxylic acids is 3. The van der Waals surface area contributed by atoms with Crippen LogP contribution in [0.3, 0.4) is 0 Å². The van der Waals surface area contributed by atoms with Crippen LogP contribution in [0.2, 0.25) is 0 Å². The third kappa shape index (κ3) is 7.08. The van der Waals surface area contributed by atoms with E-state index in [-0.39, 0.29) is 50.0 Å². The van der Waals surface area contributed by atoms with E-state index in [1.54, 1.807) is 25.7 Å². The molecule has 0 spiro atoms. The summed E-state index contributed by atoms with van der Waals surface area (Å²) in [4.78, 5) is 48.8. The summed E-state index contributed by atoms with van der Waals surface area (Å²) in [7, 11) is 3.68. The maximum Gasteiger partial charge on any atom is 0.410 e. The van der Waals surface area contributed by atoms with Crippen LogP contribution in [0.4, 0.5) is 9.18 Å². The molecule has 264 valence electrons. The summed E-state index contributed by atoms with van der Waals surface area (Å²) in [5.74, 6) is -1.94. The molecule has 47 heavy (non-hydrogen) atoms. The van der Waals surface area contributed by atoms with Crippen LogP contribution >= 0.6 is 0 Å². The number of aliphatic imine (C=N–C) groups is 1. The van der Waals surface area contributed by atoms with Gasteiger partial charge in [-0.3, -0.25) is 14.7 Å². The van der Waals surface area contributed by atoms with Gasteiger partial charge in [0.1, 0.15) is 18.8 Å². The topological polar surface area (TPSA) is 136 Å². The van der Waals surface area contributed by atoms with E-state index in [2.05, 4.69) is 5.92 Å². The number of hydrogen-bond donors (Lipinski definition) is 1. The average molecular weight is 666 g/mol. The van der Waals surface area contributed by atoms with Gasteiger partial charge in [0, 0.05) is 30.1 Å². The molecule has 0 radical (unpaired) electrons. The lowest BCUT2D eigenvalue weighted by molar-refractivity contribution is -0.296. The molecule has 4 rings (SSSR count). The molecule has 1 unspecified atom stereocenters. The zero-order valence-electron chi connectivity index (χ0n) is 29.1. The molecule has 3 saturated heterocycles. The van der Waals surface area contributed by atoms with Gasteiger partial charge in [0.05, 0.1) is 30.4 Å². The molecule has 1 amide bonds. The number of Topliss-reactive ketones (excluding diaryl/α,β-unsaturated/α-hetero) is 1. The van der Waals surface area contributed by atoms with E-state index in [0.717, 1.165) is 5.71 Å². The second kappa shape index (κ2) is 14.5. The minimum absolute atomic E-state index is 0.160. The molecule has 1 N–H and O–H groups in total. The number of halogens is 1. The first kappa shape index (κ1) is 37.2. The lowest BCUT2D eigenvalue weighted by Gasteiger charge is -2.47. The van der Waals surface area contributed by atoms with Gasteiger partial charge in [-0.15, -0.1) is 6.42 Å². The van der Waals surface area contributed by atoms with E-state index in [0.29, 0.717) is 13.0 Å². The Morgan fingerprint density at radius 1 is 1.17 bits per heavy atom. The van der Waals surface area contributed by atoms with Crippen LogP contribution in [0, 0.1) is 30.1 Å². The number of carbonyl (C=O) groups is 3. The van der Waals surface area contributed by atoms with E-state index in [4.69, 9.17) is 35.1 Å². The molecule has 13 atom stereocenters. The van der Waals surface area contributed by atoms with Gasteiger partial charge in [-0.05, 0) is 60.0 Å². The number of hydrogen-bond acceptors (Lipinski definition) is 11. The number of amides is 1. The van der Waals surface area contributed by atoms with E-state index in [1.807, 2.05) is 39.8 Å². The molecule has 12 nitrogen and oxygen atoms in total. The largest absolute Gasteiger partial charge is 0.456 e. The standard InChI is InChI=1S/C34H52FN3O9/c1-11-15-43-33(7)17-18(3)25-20(5)28-34(8,47-32(42)38(28)14-13-36-25)23(12-2)45-30(41)24(35)26(39)21(6)29(33)46-31-27(40)22(37(9)10)16-19(4)44-31/h1,18-24,27-29,31,40H,12-17H2,2-10H3/t18-,19-,20-,21+,22+,23+,24?,27-,28-,29-,31+,33+,34-/m1/s1. The Hall–Kier alpha value is -2.63. The number of alkyl halides is 1. The molecule has 0 aromatic rings. The number of esters is 1. The first-order chi connectivity index (χ1) is 22.0. The van der Waals surface area contributed by atoms with Crippen molar-refractivity contribution in [2.75, 3.05) is 33.8 Å². The Balaban J connectivity index is 1.84. The fourth-order valence-electron chi connectivity index (χ4n) is 8.25. The second-order valence-corrected chi connectivity index (χ2v) is 14.2. The molecular weight excluding hydrogens is 613 g/mol.